The Hall–Kier alpha value is -1.13. The molecule has 3 nitrogen and oxygen atoms in total. The van der Waals surface area contributed by atoms with Crippen LogP contribution in [0.3, 0.4) is 0 Å². The molecule has 4 heteroatoms. The Morgan fingerprint density at radius 2 is 2.25 bits per heavy atom. The monoisotopic (exact) mass is 224 g/mol. The van der Waals surface area contributed by atoms with Crippen LogP contribution >= 0.6 is 0 Å². The van der Waals surface area contributed by atoms with Crippen LogP contribution in [-0.2, 0) is 0 Å². The third-order valence-electron chi connectivity index (χ3n) is 3.10. The zero-order valence-electron chi connectivity index (χ0n) is 9.45. The fraction of sp³-hybridized carbons (Fsp3) is 0.500. The van der Waals surface area contributed by atoms with Crippen LogP contribution in [0, 0.1) is 5.82 Å². The SMILES string of the molecule is COc1ccc(C2CCCCN2N)cc1F. The van der Waals surface area contributed by atoms with Gasteiger partial charge in [-0.15, -0.1) is 0 Å². The molecule has 2 rings (SSSR count). The largest absolute Gasteiger partial charge is 0.494 e. The van der Waals surface area contributed by atoms with Gasteiger partial charge in [-0.3, -0.25) is 5.84 Å². The van der Waals surface area contributed by atoms with E-state index in [9.17, 15) is 4.39 Å². The first-order chi connectivity index (χ1) is 7.72. The van der Waals surface area contributed by atoms with Gasteiger partial charge < -0.3 is 4.74 Å². The number of hydrogen-bond acceptors (Lipinski definition) is 3. The molecule has 88 valence electrons. The molecular formula is C12H17FN2O. The van der Waals surface area contributed by atoms with Crippen molar-refractivity contribution >= 4 is 0 Å². The van der Waals surface area contributed by atoms with Crippen LogP contribution in [0.5, 0.6) is 5.75 Å². The molecule has 1 atom stereocenters. The number of halogens is 1. The fourth-order valence-corrected chi connectivity index (χ4v) is 2.20. The number of methoxy groups -OCH3 is 1. The van der Waals surface area contributed by atoms with Crippen molar-refractivity contribution in [3.05, 3.63) is 29.6 Å². The predicted octanol–water partition coefficient (Wildman–Crippen LogP) is 2.24. The number of benzene rings is 1. The lowest BCUT2D eigenvalue weighted by molar-refractivity contribution is 0.151. The van der Waals surface area contributed by atoms with Crippen molar-refractivity contribution in [2.24, 2.45) is 5.84 Å². The Morgan fingerprint density at radius 1 is 1.44 bits per heavy atom. The zero-order chi connectivity index (χ0) is 11.5. The number of hydrogen-bond donors (Lipinski definition) is 1. The van der Waals surface area contributed by atoms with Crippen LogP contribution in [0.2, 0.25) is 0 Å². The molecule has 1 aromatic rings. The summed E-state index contributed by atoms with van der Waals surface area (Å²) in [6.07, 6.45) is 3.25. The Bertz CT molecular complexity index is 370. The lowest BCUT2D eigenvalue weighted by Gasteiger charge is -2.32. The van der Waals surface area contributed by atoms with Gasteiger partial charge in [0.1, 0.15) is 0 Å². The van der Waals surface area contributed by atoms with Crippen LogP contribution in [0.15, 0.2) is 18.2 Å². The summed E-state index contributed by atoms with van der Waals surface area (Å²) < 4.78 is 18.4. The maximum atomic E-state index is 13.5. The van der Waals surface area contributed by atoms with Crippen LogP contribution in [0.25, 0.3) is 0 Å². The van der Waals surface area contributed by atoms with Gasteiger partial charge in [0.2, 0.25) is 0 Å². The Balaban J connectivity index is 2.22. The average molecular weight is 224 g/mol. The number of ether oxygens (including phenoxy) is 1. The second kappa shape index (κ2) is 4.80. The smallest absolute Gasteiger partial charge is 0.165 e. The standard InChI is InChI=1S/C12H17FN2O/c1-16-12-6-5-9(8-10(12)13)11-4-2-3-7-15(11)14/h5-6,8,11H,2-4,7,14H2,1H3. The van der Waals surface area contributed by atoms with Crippen LogP contribution in [-0.4, -0.2) is 18.7 Å². The van der Waals surface area contributed by atoms with Crippen LogP contribution in [0.1, 0.15) is 30.9 Å². The quantitative estimate of drug-likeness (QED) is 0.783. The van der Waals surface area contributed by atoms with E-state index in [2.05, 4.69) is 0 Å². The molecule has 16 heavy (non-hydrogen) atoms. The van der Waals surface area contributed by atoms with Gasteiger partial charge in [-0.25, -0.2) is 9.40 Å². The number of nitrogens with two attached hydrogens (primary N) is 1. The van der Waals surface area contributed by atoms with E-state index in [1.807, 2.05) is 6.07 Å². The summed E-state index contributed by atoms with van der Waals surface area (Å²) in [4.78, 5) is 0. The first-order valence-electron chi connectivity index (χ1n) is 5.57. The molecule has 0 aromatic heterocycles. The van der Waals surface area contributed by atoms with Crippen LogP contribution < -0.4 is 10.6 Å². The minimum atomic E-state index is -0.320. The minimum Gasteiger partial charge on any atom is -0.494 e. The van der Waals surface area contributed by atoms with E-state index in [0.29, 0.717) is 0 Å². The van der Waals surface area contributed by atoms with Gasteiger partial charge in [0.05, 0.1) is 7.11 Å². The van der Waals surface area contributed by atoms with Crippen molar-refractivity contribution in [3.8, 4) is 5.75 Å². The molecule has 0 radical (unpaired) electrons. The van der Waals surface area contributed by atoms with E-state index in [-0.39, 0.29) is 17.6 Å². The van der Waals surface area contributed by atoms with Gasteiger partial charge in [0.25, 0.3) is 0 Å². The molecule has 1 aliphatic rings. The molecule has 1 saturated heterocycles. The highest BCUT2D eigenvalue weighted by Gasteiger charge is 2.22. The number of nitrogens with zero attached hydrogens (tertiary/aromatic N) is 1. The highest BCUT2D eigenvalue weighted by atomic mass is 19.1. The van der Waals surface area contributed by atoms with Gasteiger partial charge in [-0.1, -0.05) is 12.5 Å². The fourth-order valence-electron chi connectivity index (χ4n) is 2.20. The van der Waals surface area contributed by atoms with Gasteiger partial charge in [0.15, 0.2) is 11.6 Å². The number of rotatable bonds is 2. The van der Waals surface area contributed by atoms with E-state index < -0.39 is 0 Å². The molecule has 1 heterocycles. The first kappa shape index (κ1) is 11.4. The molecule has 1 fully saturated rings. The molecule has 0 amide bonds. The van der Waals surface area contributed by atoms with E-state index in [1.165, 1.54) is 13.2 Å². The maximum absolute atomic E-state index is 13.5. The molecule has 2 N–H and O–H groups in total. The van der Waals surface area contributed by atoms with E-state index in [4.69, 9.17) is 10.6 Å². The van der Waals surface area contributed by atoms with Crippen molar-refractivity contribution in [1.82, 2.24) is 5.01 Å². The molecule has 1 aliphatic heterocycles. The average Bonchev–Trinajstić information content (AvgIpc) is 2.29. The predicted molar refractivity (Wildman–Crippen MR) is 60.4 cm³/mol. The zero-order valence-corrected chi connectivity index (χ0v) is 9.45. The number of piperidine rings is 1. The summed E-state index contributed by atoms with van der Waals surface area (Å²) in [6.45, 7) is 0.873. The normalized spacial score (nSPS) is 22.1. The summed E-state index contributed by atoms with van der Waals surface area (Å²) in [5.74, 6) is 5.87. The summed E-state index contributed by atoms with van der Waals surface area (Å²) in [7, 11) is 1.47. The van der Waals surface area contributed by atoms with Gasteiger partial charge in [-0.2, -0.15) is 0 Å². The van der Waals surface area contributed by atoms with E-state index >= 15 is 0 Å². The lowest BCUT2D eigenvalue weighted by atomic mass is 9.96. The molecule has 0 aliphatic carbocycles. The molecule has 0 bridgehead atoms. The summed E-state index contributed by atoms with van der Waals surface area (Å²) in [5, 5.41) is 1.80. The summed E-state index contributed by atoms with van der Waals surface area (Å²) >= 11 is 0. The highest BCUT2D eigenvalue weighted by Crippen LogP contribution is 2.30. The maximum Gasteiger partial charge on any atom is 0.165 e. The van der Waals surface area contributed by atoms with Crippen molar-refractivity contribution < 1.29 is 9.13 Å². The molecule has 1 aromatic carbocycles. The highest BCUT2D eigenvalue weighted by molar-refractivity contribution is 5.31. The summed E-state index contributed by atoms with van der Waals surface area (Å²) in [5.41, 5.74) is 0.931. The Labute approximate surface area is 95.0 Å². The van der Waals surface area contributed by atoms with Gasteiger partial charge >= 0.3 is 0 Å². The topological polar surface area (TPSA) is 38.5 Å². The van der Waals surface area contributed by atoms with Crippen molar-refractivity contribution in [2.45, 2.75) is 25.3 Å². The molecule has 0 spiro atoms. The van der Waals surface area contributed by atoms with Gasteiger partial charge in [-0.05, 0) is 30.5 Å². The molecule has 0 saturated carbocycles. The third-order valence-corrected chi connectivity index (χ3v) is 3.10. The van der Waals surface area contributed by atoms with Crippen molar-refractivity contribution in [3.63, 3.8) is 0 Å². The summed E-state index contributed by atoms with van der Waals surface area (Å²) in [6, 6.07) is 5.20. The molecule has 1 unspecified atom stereocenters. The van der Waals surface area contributed by atoms with Crippen molar-refractivity contribution in [2.75, 3.05) is 13.7 Å². The van der Waals surface area contributed by atoms with E-state index in [1.54, 1.807) is 11.1 Å². The molecular weight excluding hydrogens is 207 g/mol. The second-order valence-corrected chi connectivity index (χ2v) is 4.14. The van der Waals surface area contributed by atoms with Gasteiger partial charge in [0, 0.05) is 12.6 Å². The third kappa shape index (κ3) is 2.18. The lowest BCUT2D eigenvalue weighted by Crippen LogP contribution is -2.38. The number of hydrazine groups is 1. The Kier molecular flexibility index (Phi) is 3.41. The minimum absolute atomic E-state index is 0.133. The van der Waals surface area contributed by atoms with Crippen LogP contribution in [0.4, 0.5) is 4.39 Å². The Morgan fingerprint density at radius 3 is 2.88 bits per heavy atom. The van der Waals surface area contributed by atoms with E-state index in [0.717, 1.165) is 31.4 Å². The van der Waals surface area contributed by atoms with Crippen molar-refractivity contribution in [1.29, 1.82) is 0 Å². The first-order valence-corrected chi connectivity index (χ1v) is 5.57. The second-order valence-electron chi connectivity index (χ2n) is 4.14.